The Morgan fingerprint density at radius 2 is 1.00 bits per heavy atom. The summed E-state index contributed by atoms with van der Waals surface area (Å²) >= 11 is 0. The SMILES string of the molecule is O=P(O)(O)C(O)CCCCCC(O)P(=O)(O)O. The van der Waals surface area contributed by atoms with Gasteiger partial charge in [-0.15, -0.1) is 0 Å². The Morgan fingerprint density at radius 1 is 0.706 bits per heavy atom. The molecular formula is C7H18O8P2. The van der Waals surface area contributed by atoms with Crippen LogP contribution >= 0.6 is 15.2 Å². The molecule has 0 amide bonds. The van der Waals surface area contributed by atoms with Crippen molar-refractivity contribution in [2.45, 2.75) is 43.8 Å². The van der Waals surface area contributed by atoms with Crippen molar-refractivity contribution < 1.29 is 38.9 Å². The zero-order valence-electron chi connectivity index (χ0n) is 9.08. The lowest BCUT2D eigenvalue weighted by Crippen LogP contribution is -2.08. The van der Waals surface area contributed by atoms with E-state index in [1.807, 2.05) is 0 Å². The second-order valence-electron chi connectivity index (χ2n) is 3.78. The average Bonchev–Trinajstić information content (AvgIpc) is 2.13. The number of hydrogen-bond acceptors (Lipinski definition) is 4. The first-order valence-electron chi connectivity index (χ1n) is 5.01. The van der Waals surface area contributed by atoms with Crippen LogP contribution in [0.4, 0.5) is 0 Å². The summed E-state index contributed by atoms with van der Waals surface area (Å²) in [5.74, 6) is -3.40. The topological polar surface area (TPSA) is 156 Å². The quantitative estimate of drug-likeness (QED) is 0.268. The summed E-state index contributed by atoms with van der Waals surface area (Å²) < 4.78 is 21.1. The third-order valence-corrected chi connectivity index (χ3v) is 4.27. The first-order valence-corrected chi connectivity index (χ1v) is 8.38. The molecule has 0 aromatic heterocycles. The van der Waals surface area contributed by atoms with E-state index in [0.29, 0.717) is 19.3 Å². The first-order chi connectivity index (χ1) is 7.55. The second kappa shape index (κ2) is 6.97. The molecule has 0 fully saturated rings. The fourth-order valence-electron chi connectivity index (χ4n) is 1.17. The minimum atomic E-state index is -4.47. The lowest BCUT2D eigenvalue weighted by molar-refractivity contribution is 0.182. The molecule has 0 spiro atoms. The second-order valence-corrected chi connectivity index (χ2v) is 7.33. The molecule has 0 aromatic carbocycles. The Kier molecular flexibility index (Phi) is 7.06. The molecule has 0 heterocycles. The highest BCUT2D eigenvalue weighted by molar-refractivity contribution is 7.52. The minimum absolute atomic E-state index is 0.0870. The predicted octanol–water partition coefficient (Wildman–Crippen LogP) is -0.0709. The molecule has 0 rings (SSSR count). The molecule has 8 nitrogen and oxygen atoms in total. The van der Waals surface area contributed by atoms with Gasteiger partial charge in [0.2, 0.25) is 0 Å². The Morgan fingerprint density at radius 3 is 1.24 bits per heavy atom. The Hall–Kier alpha value is 0.220. The average molecular weight is 292 g/mol. The van der Waals surface area contributed by atoms with Crippen LogP contribution in [0.3, 0.4) is 0 Å². The molecule has 10 heteroatoms. The van der Waals surface area contributed by atoms with E-state index in [0.717, 1.165) is 0 Å². The van der Waals surface area contributed by atoms with Crippen LogP contribution in [0.5, 0.6) is 0 Å². The maximum atomic E-state index is 10.5. The lowest BCUT2D eigenvalue weighted by Gasteiger charge is -2.13. The highest BCUT2D eigenvalue weighted by Gasteiger charge is 2.26. The highest BCUT2D eigenvalue weighted by Crippen LogP contribution is 2.43. The van der Waals surface area contributed by atoms with Gasteiger partial charge in [-0.25, -0.2) is 0 Å². The standard InChI is InChI=1S/C7H18O8P2/c8-6(16(10,11)12)4-2-1-3-5-7(9)17(13,14)15/h6-9H,1-5H2,(H2,10,11,12)(H2,13,14,15). The molecule has 0 bridgehead atoms. The van der Waals surface area contributed by atoms with Gasteiger partial charge >= 0.3 is 15.2 Å². The number of aliphatic hydroxyl groups is 2. The van der Waals surface area contributed by atoms with Crippen LogP contribution in [0, 0.1) is 0 Å². The van der Waals surface area contributed by atoms with Crippen molar-refractivity contribution in [2.75, 3.05) is 0 Å². The fourth-order valence-corrected chi connectivity index (χ4v) is 2.20. The van der Waals surface area contributed by atoms with Crippen LogP contribution in [0.25, 0.3) is 0 Å². The van der Waals surface area contributed by atoms with Gasteiger partial charge in [0.15, 0.2) is 11.7 Å². The summed E-state index contributed by atoms with van der Waals surface area (Å²) in [6.45, 7) is 0. The molecule has 17 heavy (non-hydrogen) atoms. The Balaban J connectivity index is 3.68. The normalized spacial score (nSPS) is 16.8. The molecule has 2 atom stereocenters. The van der Waals surface area contributed by atoms with Crippen molar-refractivity contribution in [3.8, 4) is 0 Å². The number of aliphatic hydroxyl groups excluding tert-OH is 2. The van der Waals surface area contributed by atoms with E-state index in [-0.39, 0.29) is 12.8 Å². The van der Waals surface area contributed by atoms with Gasteiger partial charge in [0, 0.05) is 0 Å². The molecule has 0 saturated heterocycles. The summed E-state index contributed by atoms with van der Waals surface area (Å²) in [6.07, 6.45) is 0.848. The summed E-state index contributed by atoms with van der Waals surface area (Å²) in [7, 11) is -8.94. The molecule has 104 valence electrons. The Labute approximate surface area is 98.6 Å². The van der Waals surface area contributed by atoms with E-state index >= 15 is 0 Å². The molecule has 0 aliphatic rings. The largest absolute Gasteiger partial charge is 0.380 e. The summed E-state index contributed by atoms with van der Waals surface area (Å²) in [5, 5.41) is 18.0. The van der Waals surface area contributed by atoms with Gasteiger partial charge in [-0.05, 0) is 12.8 Å². The van der Waals surface area contributed by atoms with Gasteiger partial charge in [0.05, 0.1) is 0 Å². The molecule has 0 aliphatic carbocycles. The highest BCUT2D eigenvalue weighted by atomic mass is 31.2. The lowest BCUT2D eigenvalue weighted by atomic mass is 10.1. The van der Waals surface area contributed by atoms with Crippen LogP contribution in [0.15, 0.2) is 0 Å². The Bertz CT molecular complexity index is 277. The maximum absolute atomic E-state index is 10.5. The maximum Gasteiger partial charge on any atom is 0.353 e. The van der Waals surface area contributed by atoms with Crippen LogP contribution < -0.4 is 0 Å². The molecule has 0 aromatic rings. The van der Waals surface area contributed by atoms with Crippen molar-refractivity contribution in [3.63, 3.8) is 0 Å². The van der Waals surface area contributed by atoms with Crippen molar-refractivity contribution in [2.24, 2.45) is 0 Å². The molecular weight excluding hydrogens is 274 g/mol. The molecule has 0 saturated carbocycles. The van der Waals surface area contributed by atoms with E-state index in [1.54, 1.807) is 0 Å². The van der Waals surface area contributed by atoms with Gasteiger partial charge < -0.3 is 29.8 Å². The minimum Gasteiger partial charge on any atom is -0.380 e. The van der Waals surface area contributed by atoms with Gasteiger partial charge in [0.1, 0.15) is 0 Å². The van der Waals surface area contributed by atoms with Gasteiger partial charge in [-0.3, -0.25) is 9.13 Å². The predicted molar refractivity (Wildman–Crippen MR) is 59.2 cm³/mol. The van der Waals surface area contributed by atoms with Crippen molar-refractivity contribution >= 4 is 15.2 Å². The van der Waals surface area contributed by atoms with Crippen LogP contribution in [-0.2, 0) is 9.13 Å². The van der Waals surface area contributed by atoms with Crippen molar-refractivity contribution in [3.05, 3.63) is 0 Å². The third kappa shape index (κ3) is 8.02. The zero-order valence-corrected chi connectivity index (χ0v) is 10.9. The van der Waals surface area contributed by atoms with Crippen molar-refractivity contribution in [1.82, 2.24) is 0 Å². The molecule has 0 aliphatic heterocycles. The zero-order chi connectivity index (χ0) is 13.7. The monoisotopic (exact) mass is 292 g/mol. The van der Waals surface area contributed by atoms with Crippen LogP contribution in [-0.4, -0.2) is 41.5 Å². The number of unbranched alkanes of at least 4 members (excludes halogenated alkanes) is 2. The molecule has 0 radical (unpaired) electrons. The smallest absolute Gasteiger partial charge is 0.353 e. The molecule has 2 unspecified atom stereocenters. The van der Waals surface area contributed by atoms with Gasteiger partial charge in [-0.2, -0.15) is 0 Å². The van der Waals surface area contributed by atoms with Gasteiger partial charge in [-0.1, -0.05) is 19.3 Å². The van der Waals surface area contributed by atoms with E-state index in [2.05, 4.69) is 0 Å². The van der Waals surface area contributed by atoms with E-state index in [9.17, 15) is 9.13 Å². The van der Waals surface area contributed by atoms with Crippen LogP contribution in [0.2, 0.25) is 0 Å². The summed E-state index contributed by atoms with van der Waals surface area (Å²) in [6, 6.07) is 0. The van der Waals surface area contributed by atoms with Crippen LogP contribution in [0.1, 0.15) is 32.1 Å². The van der Waals surface area contributed by atoms with Gasteiger partial charge in [0.25, 0.3) is 0 Å². The van der Waals surface area contributed by atoms with E-state index in [1.165, 1.54) is 0 Å². The van der Waals surface area contributed by atoms with E-state index < -0.39 is 26.9 Å². The summed E-state index contributed by atoms with van der Waals surface area (Å²) in [5.41, 5.74) is 0. The fraction of sp³-hybridized carbons (Fsp3) is 1.00. The van der Waals surface area contributed by atoms with E-state index in [4.69, 9.17) is 29.8 Å². The molecule has 6 N–H and O–H groups in total. The number of hydrogen-bond donors (Lipinski definition) is 6. The summed E-state index contributed by atoms with van der Waals surface area (Å²) in [4.78, 5) is 34.2. The van der Waals surface area contributed by atoms with Crippen molar-refractivity contribution in [1.29, 1.82) is 0 Å². The third-order valence-electron chi connectivity index (χ3n) is 2.20. The first kappa shape index (κ1) is 17.2. The number of rotatable bonds is 8.